The Morgan fingerprint density at radius 3 is 1.60 bits per heavy atom. The summed E-state index contributed by atoms with van der Waals surface area (Å²) in [6.07, 6.45) is 1.98. The fourth-order valence-corrected chi connectivity index (χ4v) is 6.71. The Morgan fingerprint density at radius 1 is 0.850 bits per heavy atom. The molecular weight excluding hydrogens is 265 g/mol. The SMILES string of the molecule is CNP1(=O)[C@@H](c2ccccc2)CC[C@@H]1c1ccccc1. The third kappa shape index (κ3) is 2.24. The van der Waals surface area contributed by atoms with Crippen LogP contribution in [-0.2, 0) is 4.57 Å². The highest BCUT2D eigenvalue weighted by Crippen LogP contribution is 2.73. The molecule has 0 radical (unpaired) electrons. The van der Waals surface area contributed by atoms with Crippen molar-refractivity contribution in [3.05, 3.63) is 71.8 Å². The van der Waals surface area contributed by atoms with Gasteiger partial charge < -0.3 is 4.57 Å². The van der Waals surface area contributed by atoms with E-state index in [0.29, 0.717) is 0 Å². The molecule has 20 heavy (non-hydrogen) atoms. The molecule has 2 nitrogen and oxygen atoms in total. The minimum Gasteiger partial charge on any atom is -0.305 e. The molecular formula is C17H20NOP. The minimum atomic E-state index is -2.47. The van der Waals surface area contributed by atoms with E-state index >= 15 is 0 Å². The van der Waals surface area contributed by atoms with Crippen LogP contribution >= 0.6 is 7.29 Å². The van der Waals surface area contributed by atoms with Gasteiger partial charge in [0.05, 0.1) is 11.3 Å². The highest BCUT2D eigenvalue weighted by atomic mass is 31.2. The number of hydrogen-bond acceptors (Lipinski definition) is 1. The van der Waals surface area contributed by atoms with Gasteiger partial charge in [-0.1, -0.05) is 60.7 Å². The average Bonchev–Trinajstić information content (AvgIpc) is 2.87. The second kappa shape index (κ2) is 5.55. The zero-order valence-corrected chi connectivity index (χ0v) is 12.6. The van der Waals surface area contributed by atoms with Crippen molar-refractivity contribution in [2.45, 2.75) is 24.2 Å². The van der Waals surface area contributed by atoms with Crippen LogP contribution in [0, 0.1) is 0 Å². The lowest BCUT2D eigenvalue weighted by Crippen LogP contribution is -2.11. The van der Waals surface area contributed by atoms with Gasteiger partial charge in [0, 0.05) is 0 Å². The van der Waals surface area contributed by atoms with Crippen molar-refractivity contribution in [1.82, 2.24) is 5.09 Å². The first-order chi connectivity index (χ1) is 9.75. The lowest BCUT2D eigenvalue weighted by Gasteiger charge is -2.26. The van der Waals surface area contributed by atoms with Gasteiger partial charge in [-0.15, -0.1) is 0 Å². The van der Waals surface area contributed by atoms with E-state index in [4.69, 9.17) is 0 Å². The molecule has 0 amide bonds. The van der Waals surface area contributed by atoms with Crippen LogP contribution in [0.3, 0.4) is 0 Å². The van der Waals surface area contributed by atoms with Gasteiger partial charge in [-0.25, -0.2) is 0 Å². The summed E-state index contributed by atoms with van der Waals surface area (Å²) >= 11 is 0. The van der Waals surface area contributed by atoms with E-state index in [1.807, 2.05) is 43.4 Å². The first-order valence-electron chi connectivity index (χ1n) is 7.14. The molecule has 3 heteroatoms. The van der Waals surface area contributed by atoms with Crippen molar-refractivity contribution in [2.75, 3.05) is 7.05 Å². The molecule has 2 aromatic rings. The summed E-state index contributed by atoms with van der Waals surface area (Å²) in [7, 11) is -0.620. The summed E-state index contributed by atoms with van der Waals surface area (Å²) < 4.78 is 13.5. The van der Waals surface area contributed by atoms with Gasteiger partial charge in [0.2, 0.25) is 0 Å². The first-order valence-corrected chi connectivity index (χ1v) is 8.98. The molecule has 0 aliphatic carbocycles. The van der Waals surface area contributed by atoms with Crippen molar-refractivity contribution >= 4 is 7.29 Å². The Kier molecular flexibility index (Phi) is 3.78. The lowest BCUT2D eigenvalue weighted by molar-refractivity contribution is 0.560. The molecule has 2 atom stereocenters. The Morgan fingerprint density at radius 2 is 1.25 bits per heavy atom. The highest BCUT2D eigenvalue weighted by Gasteiger charge is 2.46. The van der Waals surface area contributed by atoms with E-state index in [-0.39, 0.29) is 11.3 Å². The lowest BCUT2D eigenvalue weighted by atomic mass is 10.0. The van der Waals surface area contributed by atoms with Crippen LogP contribution in [0.4, 0.5) is 0 Å². The number of benzene rings is 2. The fraction of sp³-hybridized carbons (Fsp3) is 0.294. The maximum absolute atomic E-state index is 13.5. The Bertz CT molecular complexity index is 560. The Balaban J connectivity index is 1.99. The normalized spacial score (nSPS) is 24.6. The predicted octanol–water partition coefficient (Wildman–Crippen LogP) is 4.76. The topological polar surface area (TPSA) is 29.1 Å². The summed E-state index contributed by atoms with van der Waals surface area (Å²) in [5.74, 6) is 0. The molecule has 3 rings (SSSR count). The van der Waals surface area contributed by atoms with Crippen LogP contribution in [0.15, 0.2) is 60.7 Å². The van der Waals surface area contributed by atoms with E-state index in [1.54, 1.807) is 0 Å². The Labute approximate surface area is 120 Å². The van der Waals surface area contributed by atoms with Gasteiger partial charge >= 0.3 is 0 Å². The molecule has 1 heterocycles. The van der Waals surface area contributed by atoms with E-state index in [9.17, 15) is 4.57 Å². The summed E-state index contributed by atoms with van der Waals surface area (Å²) in [6, 6.07) is 20.6. The molecule has 1 fully saturated rings. The number of nitrogens with one attached hydrogen (secondary N) is 1. The molecule has 104 valence electrons. The second-order valence-electron chi connectivity index (χ2n) is 5.36. The molecule has 1 N–H and O–H groups in total. The minimum absolute atomic E-state index is 0.138. The summed E-state index contributed by atoms with van der Waals surface area (Å²) in [6.45, 7) is 0. The van der Waals surface area contributed by atoms with Crippen LogP contribution in [0.2, 0.25) is 0 Å². The van der Waals surface area contributed by atoms with Crippen LogP contribution < -0.4 is 5.09 Å². The quantitative estimate of drug-likeness (QED) is 0.824. The fourth-order valence-electron chi connectivity index (χ4n) is 3.35. The summed E-state index contributed by atoms with van der Waals surface area (Å²) in [5, 5.41) is 3.19. The Hall–Kier alpha value is -1.37. The smallest absolute Gasteiger partial charge is 0.161 e. The summed E-state index contributed by atoms with van der Waals surface area (Å²) in [4.78, 5) is 0. The maximum atomic E-state index is 13.5. The monoisotopic (exact) mass is 285 g/mol. The molecule has 2 aromatic carbocycles. The van der Waals surface area contributed by atoms with Crippen molar-refractivity contribution in [3.8, 4) is 0 Å². The third-order valence-electron chi connectivity index (χ3n) is 4.36. The van der Waals surface area contributed by atoms with Gasteiger partial charge in [0.15, 0.2) is 7.29 Å². The van der Waals surface area contributed by atoms with Gasteiger partial charge in [-0.2, -0.15) is 0 Å². The van der Waals surface area contributed by atoms with Crippen LogP contribution in [0.1, 0.15) is 35.3 Å². The van der Waals surface area contributed by atoms with Crippen LogP contribution in [0.25, 0.3) is 0 Å². The van der Waals surface area contributed by atoms with E-state index in [2.05, 4.69) is 29.4 Å². The largest absolute Gasteiger partial charge is 0.305 e. The van der Waals surface area contributed by atoms with Gasteiger partial charge in [-0.3, -0.25) is 5.09 Å². The molecule has 0 bridgehead atoms. The number of rotatable bonds is 3. The zero-order chi connectivity index (χ0) is 14.0. The van der Waals surface area contributed by atoms with Gasteiger partial charge in [0.1, 0.15) is 0 Å². The molecule has 1 aliphatic heterocycles. The third-order valence-corrected chi connectivity index (χ3v) is 8.02. The molecule has 0 saturated carbocycles. The first kappa shape index (κ1) is 13.6. The standard InChI is InChI=1S/C17H20NOP/c1-18-20(19)16(14-8-4-2-5-9-14)12-13-17(20)15-10-6-3-7-11-15/h2-11,16-17H,12-13H2,1H3,(H,18,19)/t16-,17-/m1/s1. The van der Waals surface area contributed by atoms with Crippen LogP contribution in [0.5, 0.6) is 0 Å². The van der Waals surface area contributed by atoms with E-state index in [1.165, 1.54) is 11.1 Å². The molecule has 1 aliphatic rings. The predicted molar refractivity (Wildman–Crippen MR) is 84.3 cm³/mol. The number of hydrogen-bond donors (Lipinski definition) is 1. The molecule has 1 saturated heterocycles. The van der Waals surface area contributed by atoms with Crippen molar-refractivity contribution in [3.63, 3.8) is 0 Å². The maximum Gasteiger partial charge on any atom is 0.161 e. The molecule has 0 spiro atoms. The second-order valence-corrected chi connectivity index (χ2v) is 8.48. The van der Waals surface area contributed by atoms with E-state index in [0.717, 1.165) is 12.8 Å². The van der Waals surface area contributed by atoms with Crippen LogP contribution in [-0.4, -0.2) is 7.05 Å². The summed E-state index contributed by atoms with van der Waals surface area (Å²) in [5.41, 5.74) is 2.67. The van der Waals surface area contributed by atoms with Crippen molar-refractivity contribution < 1.29 is 4.57 Å². The highest BCUT2D eigenvalue weighted by molar-refractivity contribution is 7.62. The van der Waals surface area contributed by atoms with E-state index < -0.39 is 7.29 Å². The molecule has 0 unspecified atom stereocenters. The molecule has 0 aromatic heterocycles. The average molecular weight is 285 g/mol. The van der Waals surface area contributed by atoms with Gasteiger partial charge in [-0.05, 0) is 31.0 Å². The van der Waals surface area contributed by atoms with Crippen molar-refractivity contribution in [1.29, 1.82) is 0 Å². The zero-order valence-electron chi connectivity index (χ0n) is 11.7. The van der Waals surface area contributed by atoms with Gasteiger partial charge in [0.25, 0.3) is 0 Å². The van der Waals surface area contributed by atoms with Crippen molar-refractivity contribution in [2.24, 2.45) is 0 Å².